The summed E-state index contributed by atoms with van der Waals surface area (Å²) in [7, 11) is 0. The van der Waals surface area contributed by atoms with Gasteiger partial charge in [-0.15, -0.1) is 0 Å². The minimum atomic E-state index is -1.36. The fraction of sp³-hybridized carbons (Fsp3) is 0.600. The van der Waals surface area contributed by atoms with Gasteiger partial charge in [-0.2, -0.15) is 0 Å². The highest BCUT2D eigenvalue weighted by Crippen LogP contribution is 2.38. The second kappa shape index (κ2) is 3.61. The second-order valence-electron chi connectivity index (χ2n) is 3.91. The molecule has 1 saturated carbocycles. The van der Waals surface area contributed by atoms with Gasteiger partial charge in [0.1, 0.15) is 0 Å². The first-order chi connectivity index (χ1) is 6.71. The number of rotatable bonds is 1. The summed E-state index contributed by atoms with van der Waals surface area (Å²) in [5.41, 5.74) is 4.83. The summed E-state index contributed by atoms with van der Waals surface area (Å²) in [6.45, 7) is 0. The molecule has 0 spiro atoms. The van der Waals surface area contributed by atoms with Crippen LogP contribution in [0.5, 0.6) is 0 Å². The van der Waals surface area contributed by atoms with Crippen LogP contribution in [0.25, 0.3) is 0 Å². The third kappa shape index (κ3) is 1.75. The third-order valence-electron chi connectivity index (χ3n) is 2.76. The molecule has 76 valence electrons. The van der Waals surface area contributed by atoms with Crippen molar-refractivity contribution in [3.63, 3.8) is 0 Å². The normalized spacial score (nSPS) is 32.9. The molecule has 1 aliphatic rings. The van der Waals surface area contributed by atoms with Crippen molar-refractivity contribution < 1.29 is 4.39 Å². The zero-order chi connectivity index (χ0) is 10.0. The molecule has 14 heavy (non-hydrogen) atoms. The van der Waals surface area contributed by atoms with E-state index in [1.807, 2.05) is 0 Å². The highest BCUT2D eigenvalue weighted by molar-refractivity contribution is 5.10. The lowest BCUT2D eigenvalue weighted by Gasteiger charge is -2.32. The fourth-order valence-corrected chi connectivity index (χ4v) is 2.03. The first-order valence-corrected chi connectivity index (χ1v) is 4.92. The Bertz CT molecular complexity index is 303. The van der Waals surface area contributed by atoms with Crippen LogP contribution < -0.4 is 5.73 Å². The smallest absolute Gasteiger partial charge is 0.155 e. The Hall–Kier alpha value is -1.03. The zero-order valence-electron chi connectivity index (χ0n) is 7.99. The number of nitrogens with zero attached hydrogens (tertiary/aromatic N) is 2. The molecule has 0 aliphatic heterocycles. The van der Waals surface area contributed by atoms with Gasteiger partial charge in [0.25, 0.3) is 0 Å². The maximum atomic E-state index is 14.4. The SMILES string of the molecule is NC1CCCC(F)(c2cnccn2)C1. The molecular weight excluding hydrogens is 181 g/mol. The summed E-state index contributed by atoms with van der Waals surface area (Å²) >= 11 is 0. The van der Waals surface area contributed by atoms with Crippen LogP contribution in [0.3, 0.4) is 0 Å². The summed E-state index contributed by atoms with van der Waals surface area (Å²) in [6.07, 6.45) is 7.19. The molecule has 0 radical (unpaired) electrons. The molecular formula is C10H14FN3. The molecule has 1 aromatic heterocycles. The summed E-state index contributed by atoms with van der Waals surface area (Å²) in [5, 5.41) is 0. The van der Waals surface area contributed by atoms with Crippen LogP contribution in [0.2, 0.25) is 0 Å². The predicted octanol–water partition coefficient (Wildman–Crippen LogP) is 1.54. The Labute approximate surface area is 82.6 Å². The Morgan fingerprint density at radius 3 is 3.00 bits per heavy atom. The fourth-order valence-electron chi connectivity index (χ4n) is 2.03. The van der Waals surface area contributed by atoms with E-state index >= 15 is 0 Å². The number of halogens is 1. The van der Waals surface area contributed by atoms with Crippen LogP contribution >= 0.6 is 0 Å². The van der Waals surface area contributed by atoms with E-state index in [1.165, 1.54) is 12.4 Å². The van der Waals surface area contributed by atoms with Crippen molar-refractivity contribution in [2.75, 3.05) is 0 Å². The molecule has 2 N–H and O–H groups in total. The van der Waals surface area contributed by atoms with Crippen LogP contribution in [-0.2, 0) is 5.67 Å². The summed E-state index contributed by atoms with van der Waals surface area (Å²) in [4.78, 5) is 7.90. The van der Waals surface area contributed by atoms with Gasteiger partial charge in [-0.05, 0) is 19.3 Å². The van der Waals surface area contributed by atoms with E-state index in [0.717, 1.165) is 12.8 Å². The highest BCUT2D eigenvalue weighted by Gasteiger charge is 2.38. The lowest BCUT2D eigenvalue weighted by Crippen LogP contribution is -2.36. The van der Waals surface area contributed by atoms with Crippen LogP contribution in [0, 0.1) is 0 Å². The Morgan fingerprint density at radius 2 is 2.36 bits per heavy atom. The van der Waals surface area contributed by atoms with Gasteiger partial charge in [-0.3, -0.25) is 9.97 Å². The quantitative estimate of drug-likeness (QED) is 0.739. The van der Waals surface area contributed by atoms with Crippen LogP contribution in [0.1, 0.15) is 31.4 Å². The van der Waals surface area contributed by atoms with E-state index in [0.29, 0.717) is 18.5 Å². The molecule has 0 bridgehead atoms. The average Bonchev–Trinajstić information content (AvgIpc) is 2.19. The van der Waals surface area contributed by atoms with Gasteiger partial charge in [0, 0.05) is 24.9 Å². The first kappa shape index (κ1) is 9.52. The number of nitrogens with two attached hydrogens (primary N) is 1. The van der Waals surface area contributed by atoms with Crippen molar-refractivity contribution in [2.45, 2.75) is 37.4 Å². The molecule has 1 fully saturated rings. The lowest BCUT2D eigenvalue weighted by molar-refractivity contribution is 0.0894. The average molecular weight is 195 g/mol. The molecule has 2 rings (SSSR count). The van der Waals surface area contributed by atoms with Crippen molar-refractivity contribution in [1.29, 1.82) is 0 Å². The number of hydrogen-bond donors (Lipinski definition) is 1. The Kier molecular flexibility index (Phi) is 2.46. The van der Waals surface area contributed by atoms with E-state index in [9.17, 15) is 4.39 Å². The molecule has 1 aromatic rings. The molecule has 0 saturated heterocycles. The number of hydrogen-bond acceptors (Lipinski definition) is 3. The van der Waals surface area contributed by atoms with Crippen molar-refractivity contribution in [3.8, 4) is 0 Å². The van der Waals surface area contributed by atoms with Gasteiger partial charge in [0.05, 0.1) is 11.9 Å². The molecule has 0 amide bonds. The van der Waals surface area contributed by atoms with E-state index in [1.54, 1.807) is 6.20 Å². The minimum Gasteiger partial charge on any atom is -0.328 e. The Balaban J connectivity index is 2.23. The molecule has 1 heterocycles. The zero-order valence-corrected chi connectivity index (χ0v) is 7.99. The number of alkyl halides is 1. The summed E-state index contributed by atoms with van der Waals surface area (Å²) in [5.74, 6) is 0. The van der Waals surface area contributed by atoms with Crippen molar-refractivity contribution in [2.24, 2.45) is 5.73 Å². The van der Waals surface area contributed by atoms with Gasteiger partial charge in [0.15, 0.2) is 5.67 Å². The van der Waals surface area contributed by atoms with Crippen molar-refractivity contribution >= 4 is 0 Å². The van der Waals surface area contributed by atoms with E-state index in [4.69, 9.17) is 5.73 Å². The summed E-state index contributed by atoms with van der Waals surface area (Å²) < 4.78 is 14.4. The van der Waals surface area contributed by atoms with Gasteiger partial charge >= 0.3 is 0 Å². The van der Waals surface area contributed by atoms with E-state index in [-0.39, 0.29) is 6.04 Å². The largest absolute Gasteiger partial charge is 0.328 e. The maximum absolute atomic E-state index is 14.4. The second-order valence-corrected chi connectivity index (χ2v) is 3.91. The van der Waals surface area contributed by atoms with Crippen molar-refractivity contribution in [1.82, 2.24) is 9.97 Å². The van der Waals surface area contributed by atoms with Crippen molar-refractivity contribution in [3.05, 3.63) is 24.3 Å². The van der Waals surface area contributed by atoms with Crippen LogP contribution in [0.4, 0.5) is 4.39 Å². The lowest BCUT2D eigenvalue weighted by atomic mass is 9.81. The molecule has 0 aromatic carbocycles. The topological polar surface area (TPSA) is 51.8 Å². The number of aromatic nitrogens is 2. The summed E-state index contributed by atoms with van der Waals surface area (Å²) in [6, 6.07) is -0.0456. The molecule has 1 aliphatic carbocycles. The monoisotopic (exact) mass is 195 g/mol. The molecule has 3 nitrogen and oxygen atoms in total. The van der Waals surface area contributed by atoms with Gasteiger partial charge in [0.2, 0.25) is 0 Å². The van der Waals surface area contributed by atoms with E-state index in [2.05, 4.69) is 9.97 Å². The van der Waals surface area contributed by atoms with Gasteiger partial charge < -0.3 is 5.73 Å². The first-order valence-electron chi connectivity index (χ1n) is 4.92. The van der Waals surface area contributed by atoms with Gasteiger partial charge in [-0.1, -0.05) is 0 Å². The minimum absolute atomic E-state index is 0.0456. The van der Waals surface area contributed by atoms with Gasteiger partial charge in [-0.25, -0.2) is 4.39 Å². The molecule has 2 unspecified atom stereocenters. The standard InChI is InChI=1S/C10H14FN3/c11-10(3-1-2-8(12)6-10)9-7-13-4-5-14-9/h4-5,7-8H,1-3,6,12H2. The Morgan fingerprint density at radius 1 is 1.50 bits per heavy atom. The molecule has 4 heteroatoms. The van der Waals surface area contributed by atoms with Crippen LogP contribution in [0.15, 0.2) is 18.6 Å². The third-order valence-corrected chi connectivity index (χ3v) is 2.76. The highest BCUT2D eigenvalue weighted by atomic mass is 19.1. The van der Waals surface area contributed by atoms with Crippen LogP contribution in [-0.4, -0.2) is 16.0 Å². The van der Waals surface area contributed by atoms with E-state index < -0.39 is 5.67 Å². The maximum Gasteiger partial charge on any atom is 0.155 e. The molecule has 2 atom stereocenters. The predicted molar refractivity (Wildman–Crippen MR) is 51.3 cm³/mol.